The fourth-order valence-electron chi connectivity index (χ4n) is 2.22. The molecule has 106 valence electrons. The third kappa shape index (κ3) is 2.40. The summed E-state index contributed by atoms with van der Waals surface area (Å²) < 4.78 is 13.9. The number of para-hydroxylation sites is 1. The van der Waals surface area contributed by atoms with E-state index in [2.05, 4.69) is 4.98 Å². The molecular weight excluding hydrogens is 289 g/mol. The summed E-state index contributed by atoms with van der Waals surface area (Å²) in [6.07, 6.45) is 0.901. The van der Waals surface area contributed by atoms with Crippen molar-refractivity contribution in [1.29, 1.82) is 0 Å². The van der Waals surface area contributed by atoms with Crippen molar-refractivity contribution in [3.63, 3.8) is 0 Å². The highest BCUT2D eigenvalue weighted by Gasteiger charge is 2.15. The number of aromatic carboxylic acids is 1. The van der Waals surface area contributed by atoms with Crippen LogP contribution in [0, 0.1) is 5.82 Å². The van der Waals surface area contributed by atoms with E-state index in [0.717, 1.165) is 11.3 Å². The zero-order chi connectivity index (χ0) is 15.0. The Morgan fingerprint density at radius 3 is 2.81 bits per heavy atom. The van der Waals surface area contributed by atoms with Gasteiger partial charge in [0.05, 0.1) is 16.1 Å². The monoisotopic (exact) mass is 301 g/mol. The number of carbonyl (C=O) groups is 1. The molecule has 21 heavy (non-hydrogen) atoms. The van der Waals surface area contributed by atoms with Gasteiger partial charge in [-0.3, -0.25) is 0 Å². The Morgan fingerprint density at radius 2 is 2.14 bits per heavy atom. The average Bonchev–Trinajstić information content (AvgIpc) is 2.95. The van der Waals surface area contributed by atoms with E-state index in [4.69, 9.17) is 0 Å². The summed E-state index contributed by atoms with van der Waals surface area (Å²) in [6, 6.07) is 9.74. The number of aryl methyl sites for hydroxylation is 1. The van der Waals surface area contributed by atoms with Gasteiger partial charge >= 0.3 is 5.97 Å². The second kappa shape index (κ2) is 5.26. The predicted molar refractivity (Wildman–Crippen MR) is 81.4 cm³/mol. The van der Waals surface area contributed by atoms with E-state index >= 15 is 0 Å². The zero-order valence-electron chi connectivity index (χ0n) is 11.3. The normalized spacial score (nSPS) is 11.0. The second-order valence-corrected chi connectivity index (χ2v) is 5.78. The highest BCUT2D eigenvalue weighted by Crippen LogP contribution is 2.31. The maximum absolute atomic E-state index is 13.9. The van der Waals surface area contributed by atoms with E-state index in [0.29, 0.717) is 11.1 Å². The van der Waals surface area contributed by atoms with Gasteiger partial charge in [-0.2, -0.15) is 0 Å². The van der Waals surface area contributed by atoms with Crippen LogP contribution in [0.2, 0.25) is 0 Å². The van der Waals surface area contributed by atoms with Gasteiger partial charge in [-0.25, -0.2) is 14.2 Å². The van der Waals surface area contributed by atoms with Crippen molar-refractivity contribution in [3.8, 4) is 10.6 Å². The summed E-state index contributed by atoms with van der Waals surface area (Å²) in [4.78, 5) is 17.8. The Balaban J connectivity index is 2.29. The van der Waals surface area contributed by atoms with Crippen molar-refractivity contribution in [2.75, 3.05) is 0 Å². The lowest BCUT2D eigenvalue weighted by molar-refractivity contribution is 0.0699. The zero-order valence-corrected chi connectivity index (χ0v) is 12.1. The topological polar surface area (TPSA) is 50.2 Å². The highest BCUT2D eigenvalue weighted by atomic mass is 32.1. The maximum atomic E-state index is 13.9. The number of carboxylic acid groups (broad SMARTS) is 1. The van der Waals surface area contributed by atoms with E-state index < -0.39 is 11.8 Å². The number of halogens is 1. The lowest BCUT2D eigenvalue weighted by atomic mass is 10.1. The Bertz CT molecular complexity index is 841. The lowest BCUT2D eigenvalue weighted by Crippen LogP contribution is -2.01. The van der Waals surface area contributed by atoms with Gasteiger partial charge < -0.3 is 5.11 Å². The van der Waals surface area contributed by atoms with Crippen molar-refractivity contribution in [2.45, 2.75) is 13.3 Å². The van der Waals surface area contributed by atoms with Crippen molar-refractivity contribution in [3.05, 3.63) is 52.7 Å². The minimum Gasteiger partial charge on any atom is -0.478 e. The molecule has 0 bridgehead atoms. The van der Waals surface area contributed by atoms with Gasteiger partial charge in [0, 0.05) is 10.3 Å². The molecule has 0 unspecified atom stereocenters. The van der Waals surface area contributed by atoms with Gasteiger partial charge in [0.25, 0.3) is 0 Å². The molecule has 0 aliphatic carbocycles. The molecule has 1 N–H and O–H groups in total. The Labute approximate surface area is 124 Å². The molecule has 0 saturated heterocycles. The van der Waals surface area contributed by atoms with Crippen molar-refractivity contribution >= 4 is 28.2 Å². The smallest absolute Gasteiger partial charge is 0.336 e. The minimum absolute atomic E-state index is 0.0703. The van der Waals surface area contributed by atoms with E-state index in [9.17, 15) is 14.3 Å². The van der Waals surface area contributed by atoms with Crippen LogP contribution >= 0.6 is 11.3 Å². The third-order valence-electron chi connectivity index (χ3n) is 3.28. The summed E-state index contributed by atoms with van der Waals surface area (Å²) in [7, 11) is 0. The molecule has 0 radical (unpaired) electrons. The van der Waals surface area contributed by atoms with E-state index in [1.165, 1.54) is 23.1 Å². The number of nitrogens with zero attached hydrogens (tertiary/aromatic N) is 1. The molecule has 0 aliphatic heterocycles. The quantitative estimate of drug-likeness (QED) is 0.782. The minimum atomic E-state index is -1.08. The molecule has 0 spiro atoms. The van der Waals surface area contributed by atoms with Crippen LogP contribution in [0.4, 0.5) is 4.39 Å². The van der Waals surface area contributed by atoms with Gasteiger partial charge in [0.1, 0.15) is 11.3 Å². The summed E-state index contributed by atoms with van der Waals surface area (Å²) in [5.41, 5.74) is 0.662. The summed E-state index contributed by atoms with van der Waals surface area (Å²) in [5, 5.41) is 9.67. The Kier molecular flexibility index (Phi) is 3.43. The van der Waals surface area contributed by atoms with Gasteiger partial charge in [-0.05, 0) is 30.7 Å². The van der Waals surface area contributed by atoms with Crippen molar-refractivity contribution in [1.82, 2.24) is 4.98 Å². The molecule has 0 atom stereocenters. The fourth-order valence-corrected chi connectivity index (χ4v) is 3.13. The maximum Gasteiger partial charge on any atom is 0.336 e. The molecule has 0 fully saturated rings. The van der Waals surface area contributed by atoms with Crippen LogP contribution in [0.5, 0.6) is 0 Å². The molecule has 3 aromatic rings. The summed E-state index contributed by atoms with van der Waals surface area (Å²) >= 11 is 1.54. The molecule has 0 aliphatic rings. The molecule has 0 saturated carbocycles. The Morgan fingerprint density at radius 1 is 1.33 bits per heavy atom. The number of benzene rings is 1. The van der Waals surface area contributed by atoms with Crippen LogP contribution in [-0.2, 0) is 6.42 Å². The van der Waals surface area contributed by atoms with E-state index in [-0.39, 0.29) is 11.1 Å². The van der Waals surface area contributed by atoms with E-state index in [1.807, 2.05) is 19.1 Å². The Hall–Kier alpha value is -2.27. The molecule has 5 heteroatoms. The van der Waals surface area contributed by atoms with Gasteiger partial charge in [0.15, 0.2) is 0 Å². The predicted octanol–water partition coefficient (Wildman–Crippen LogP) is 4.36. The largest absolute Gasteiger partial charge is 0.478 e. The number of aromatic nitrogens is 1. The second-order valence-electron chi connectivity index (χ2n) is 4.62. The molecular formula is C16H12FNO2S. The molecule has 0 amide bonds. The summed E-state index contributed by atoms with van der Waals surface area (Å²) in [6.45, 7) is 2.05. The number of hydrogen-bond acceptors (Lipinski definition) is 3. The number of pyridine rings is 1. The van der Waals surface area contributed by atoms with Crippen LogP contribution in [0.15, 0.2) is 36.4 Å². The fraction of sp³-hybridized carbons (Fsp3) is 0.125. The molecule has 2 aromatic heterocycles. The van der Waals surface area contributed by atoms with E-state index in [1.54, 1.807) is 17.4 Å². The number of hydrogen-bond donors (Lipinski definition) is 1. The molecule has 3 rings (SSSR count). The highest BCUT2D eigenvalue weighted by molar-refractivity contribution is 7.15. The van der Waals surface area contributed by atoms with Crippen LogP contribution < -0.4 is 0 Å². The molecule has 3 nitrogen and oxygen atoms in total. The van der Waals surface area contributed by atoms with Crippen LogP contribution in [0.25, 0.3) is 21.5 Å². The number of thiophene rings is 1. The standard InChI is InChI=1S/C16H12FNO2S/c1-2-9-6-7-14(21-9)13-8-11(16(19)20)10-4-3-5-12(17)15(10)18-13/h3-8H,2H2,1H3,(H,19,20). The molecule has 2 heterocycles. The van der Waals surface area contributed by atoms with Crippen molar-refractivity contribution < 1.29 is 14.3 Å². The number of rotatable bonds is 3. The number of carboxylic acids is 1. The lowest BCUT2D eigenvalue weighted by Gasteiger charge is -2.06. The first-order valence-corrected chi connectivity index (χ1v) is 7.33. The van der Waals surface area contributed by atoms with Gasteiger partial charge in [-0.15, -0.1) is 11.3 Å². The number of fused-ring (bicyclic) bond motifs is 1. The van der Waals surface area contributed by atoms with Gasteiger partial charge in [-0.1, -0.05) is 19.1 Å². The molecule has 1 aromatic carbocycles. The van der Waals surface area contributed by atoms with Crippen LogP contribution in [0.1, 0.15) is 22.2 Å². The van der Waals surface area contributed by atoms with Gasteiger partial charge in [0.2, 0.25) is 0 Å². The first kappa shape index (κ1) is 13.7. The van der Waals surface area contributed by atoms with Crippen LogP contribution in [-0.4, -0.2) is 16.1 Å². The SMILES string of the molecule is CCc1ccc(-c2cc(C(=O)O)c3cccc(F)c3n2)s1. The first-order chi connectivity index (χ1) is 10.1. The van der Waals surface area contributed by atoms with Crippen molar-refractivity contribution in [2.24, 2.45) is 0 Å². The third-order valence-corrected chi connectivity index (χ3v) is 4.54. The first-order valence-electron chi connectivity index (χ1n) is 6.51. The average molecular weight is 301 g/mol. The van der Waals surface area contributed by atoms with Crippen LogP contribution in [0.3, 0.4) is 0 Å². The summed E-state index contributed by atoms with van der Waals surface area (Å²) in [5.74, 6) is -1.59.